The molecule has 0 radical (unpaired) electrons. The molecule has 0 unspecified atom stereocenters. The number of anilines is 1. The summed E-state index contributed by atoms with van der Waals surface area (Å²) in [6, 6.07) is 7.61. The summed E-state index contributed by atoms with van der Waals surface area (Å²) in [5.41, 5.74) is 1.94. The number of aromatic amines is 1. The number of aromatic nitrogens is 4. The Balaban J connectivity index is 1.73. The van der Waals surface area contributed by atoms with Gasteiger partial charge in [-0.2, -0.15) is 9.50 Å². The van der Waals surface area contributed by atoms with Gasteiger partial charge in [-0.05, 0) is 44.4 Å². The highest BCUT2D eigenvalue weighted by Gasteiger charge is 2.29. The number of methoxy groups -OCH3 is 1. The predicted molar refractivity (Wildman–Crippen MR) is 114 cm³/mol. The zero-order chi connectivity index (χ0) is 21.3. The van der Waals surface area contributed by atoms with E-state index >= 15 is 0 Å². The number of H-pyrrole nitrogens is 1. The van der Waals surface area contributed by atoms with Crippen LogP contribution in [0.15, 0.2) is 29.1 Å². The molecule has 4 rings (SSSR count). The van der Waals surface area contributed by atoms with Gasteiger partial charge in [0.25, 0.3) is 11.3 Å². The smallest absolute Gasteiger partial charge is 0.277 e. The molecule has 8 heteroatoms. The first kappa shape index (κ1) is 20.1. The number of ether oxygens (including phenoxy) is 1. The van der Waals surface area contributed by atoms with Gasteiger partial charge < -0.3 is 4.74 Å². The van der Waals surface area contributed by atoms with Crippen molar-refractivity contribution in [1.29, 1.82) is 0 Å². The highest BCUT2D eigenvalue weighted by Crippen LogP contribution is 2.28. The molecule has 1 aliphatic carbocycles. The van der Waals surface area contributed by atoms with E-state index in [4.69, 9.17) is 4.74 Å². The number of nitrogens with one attached hydrogen (secondary N) is 1. The number of benzene rings is 1. The first-order valence-electron chi connectivity index (χ1n) is 10.4. The molecule has 158 valence electrons. The van der Waals surface area contributed by atoms with Gasteiger partial charge in [0, 0.05) is 17.2 Å². The normalized spacial score (nSPS) is 14.8. The zero-order valence-corrected chi connectivity index (χ0v) is 17.6. The van der Waals surface area contributed by atoms with Crippen molar-refractivity contribution in [3.63, 3.8) is 0 Å². The minimum absolute atomic E-state index is 0.0293. The Morgan fingerprint density at radius 3 is 2.53 bits per heavy atom. The van der Waals surface area contributed by atoms with Crippen molar-refractivity contribution < 1.29 is 9.53 Å². The Labute approximate surface area is 174 Å². The van der Waals surface area contributed by atoms with E-state index in [0.717, 1.165) is 37.0 Å². The molecule has 0 saturated heterocycles. The summed E-state index contributed by atoms with van der Waals surface area (Å²) in [7, 11) is 1.62. The number of amides is 1. The molecule has 1 saturated carbocycles. The number of carbonyl (C=O) groups is 1. The fourth-order valence-electron chi connectivity index (χ4n) is 3.95. The number of aryl methyl sites for hydroxylation is 1. The Kier molecular flexibility index (Phi) is 5.57. The maximum Gasteiger partial charge on any atom is 0.277 e. The lowest BCUT2D eigenvalue weighted by Gasteiger charge is -2.27. The van der Waals surface area contributed by atoms with E-state index in [1.807, 2.05) is 24.3 Å². The number of nitrogens with zero attached hydrogens (tertiary/aromatic N) is 4. The molecule has 30 heavy (non-hydrogen) atoms. The van der Waals surface area contributed by atoms with E-state index in [2.05, 4.69) is 15.1 Å². The molecule has 1 aromatic carbocycles. The van der Waals surface area contributed by atoms with Crippen molar-refractivity contribution >= 4 is 17.6 Å². The summed E-state index contributed by atoms with van der Waals surface area (Å²) in [5.74, 6) is 1.38. The highest BCUT2D eigenvalue weighted by atomic mass is 16.5. The van der Waals surface area contributed by atoms with Gasteiger partial charge in [-0.1, -0.05) is 31.4 Å². The van der Waals surface area contributed by atoms with Crippen molar-refractivity contribution in [3.05, 3.63) is 51.4 Å². The average Bonchev–Trinajstić information content (AvgIpc) is 3.20. The largest absolute Gasteiger partial charge is 0.497 e. The van der Waals surface area contributed by atoms with Crippen LogP contribution in [0.2, 0.25) is 0 Å². The van der Waals surface area contributed by atoms with Gasteiger partial charge in [-0.15, -0.1) is 0 Å². The van der Waals surface area contributed by atoms with E-state index in [-0.39, 0.29) is 23.2 Å². The van der Waals surface area contributed by atoms with Gasteiger partial charge in [-0.25, -0.2) is 4.98 Å². The van der Waals surface area contributed by atoms with Gasteiger partial charge in [0.05, 0.1) is 13.7 Å². The predicted octanol–water partition coefficient (Wildman–Crippen LogP) is 3.16. The monoisotopic (exact) mass is 409 g/mol. The SMILES string of the molecule is COc1ccc(CN(C(=O)C2CCCCC2)c2nc3nc(C)c(C)c(=O)n3[nH]2)cc1. The number of carbonyl (C=O) groups excluding carboxylic acids is 1. The van der Waals surface area contributed by atoms with Crippen LogP contribution in [0.4, 0.5) is 5.95 Å². The maximum absolute atomic E-state index is 13.5. The summed E-state index contributed by atoms with van der Waals surface area (Å²) in [4.78, 5) is 36.6. The lowest BCUT2D eigenvalue weighted by Crippen LogP contribution is -2.37. The summed E-state index contributed by atoms with van der Waals surface area (Å²) >= 11 is 0. The second-order valence-electron chi connectivity index (χ2n) is 7.92. The molecular weight excluding hydrogens is 382 g/mol. The molecule has 0 spiro atoms. The third-order valence-corrected chi connectivity index (χ3v) is 5.93. The topological polar surface area (TPSA) is 92.6 Å². The summed E-state index contributed by atoms with van der Waals surface area (Å²) in [6.45, 7) is 3.87. The van der Waals surface area contributed by atoms with Crippen molar-refractivity contribution in [2.24, 2.45) is 5.92 Å². The number of hydrogen-bond acceptors (Lipinski definition) is 5. The van der Waals surface area contributed by atoms with Gasteiger partial charge in [0.2, 0.25) is 11.9 Å². The zero-order valence-electron chi connectivity index (χ0n) is 17.6. The Morgan fingerprint density at radius 2 is 1.87 bits per heavy atom. The van der Waals surface area contributed by atoms with E-state index in [0.29, 0.717) is 23.8 Å². The first-order valence-corrected chi connectivity index (χ1v) is 10.4. The van der Waals surface area contributed by atoms with Crippen LogP contribution in [-0.2, 0) is 11.3 Å². The Morgan fingerprint density at radius 1 is 1.17 bits per heavy atom. The van der Waals surface area contributed by atoms with Crippen LogP contribution < -0.4 is 15.2 Å². The molecule has 1 amide bonds. The molecular formula is C22H27N5O3. The molecule has 1 fully saturated rings. The third kappa shape index (κ3) is 3.81. The van der Waals surface area contributed by atoms with E-state index in [9.17, 15) is 9.59 Å². The molecule has 0 bridgehead atoms. The first-order chi connectivity index (χ1) is 14.5. The standard InChI is InChI=1S/C22H27N5O3/c1-14-15(2)23-21-24-22(25-27(21)19(14)28)26(20(29)17-7-5-4-6-8-17)13-16-9-11-18(30-3)12-10-16/h9-12,17H,4-8,13H2,1-3H3,(H,23,24,25). The van der Waals surface area contributed by atoms with Crippen molar-refractivity contribution in [2.45, 2.75) is 52.5 Å². The molecule has 0 atom stereocenters. The van der Waals surface area contributed by atoms with Crippen LogP contribution in [0.1, 0.15) is 48.9 Å². The lowest BCUT2D eigenvalue weighted by atomic mass is 9.88. The molecule has 1 aliphatic rings. The van der Waals surface area contributed by atoms with E-state index in [1.165, 1.54) is 10.9 Å². The van der Waals surface area contributed by atoms with Crippen LogP contribution in [0, 0.1) is 19.8 Å². The molecule has 1 N–H and O–H groups in total. The van der Waals surface area contributed by atoms with Crippen molar-refractivity contribution in [3.8, 4) is 5.75 Å². The fourth-order valence-corrected chi connectivity index (χ4v) is 3.95. The quantitative estimate of drug-likeness (QED) is 0.699. The van der Waals surface area contributed by atoms with E-state index in [1.54, 1.807) is 25.9 Å². The van der Waals surface area contributed by atoms with Gasteiger partial charge in [0.1, 0.15) is 5.75 Å². The number of rotatable bonds is 5. The Hall–Kier alpha value is -3.16. The lowest BCUT2D eigenvalue weighted by molar-refractivity contribution is -0.123. The summed E-state index contributed by atoms with van der Waals surface area (Å²) < 4.78 is 6.54. The van der Waals surface area contributed by atoms with Crippen LogP contribution in [0.3, 0.4) is 0 Å². The second-order valence-corrected chi connectivity index (χ2v) is 7.92. The van der Waals surface area contributed by atoms with Gasteiger partial charge in [0.15, 0.2) is 0 Å². The molecule has 2 aromatic heterocycles. The average molecular weight is 409 g/mol. The van der Waals surface area contributed by atoms with Crippen molar-refractivity contribution in [2.75, 3.05) is 12.0 Å². The van der Waals surface area contributed by atoms with Crippen molar-refractivity contribution in [1.82, 2.24) is 19.6 Å². The van der Waals surface area contributed by atoms with E-state index < -0.39 is 0 Å². The second kappa shape index (κ2) is 8.30. The maximum atomic E-state index is 13.5. The minimum atomic E-state index is -0.203. The molecule has 0 aliphatic heterocycles. The molecule has 2 heterocycles. The van der Waals surface area contributed by atoms with Gasteiger partial charge in [-0.3, -0.25) is 19.6 Å². The highest BCUT2D eigenvalue weighted by molar-refractivity contribution is 5.93. The molecule has 3 aromatic rings. The van der Waals surface area contributed by atoms with Crippen LogP contribution in [0.5, 0.6) is 5.75 Å². The number of fused-ring (bicyclic) bond motifs is 1. The van der Waals surface area contributed by atoms with Crippen LogP contribution in [-0.4, -0.2) is 32.6 Å². The van der Waals surface area contributed by atoms with Gasteiger partial charge >= 0.3 is 0 Å². The van der Waals surface area contributed by atoms with Crippen LogP contribution >= 0.6 is 0 Å². The third-order valence-electron chi connectivity index (χ3n) is 5.93. The fraction of sp³-hybridized carbons (Fsp3) is 0.455. The Bertz CT molecular complexity index is 1110. The summed E-state index contributed by atoms with van der Waals surface area (Å²) in [6.07, 6.45) is 5.06. The summed E-state index contributed by atoms with van der Waals surface area (Å²) in [5, 5.41) is 3.01. The number of hydrogen-bond donors (Lipinski definition) is 1. The minimum Gasteiger partial charge on any atom is -0.497 e. The van der Waals surface area contributed by atoms with Crippen LogP contribution in [0.25, 0.3) is 5.78 Å². The molecule has 8 nitrogen and oxygen atoms in total.